The van der Waals surface area contributed by atoms with Gasteiger partial charge in [-0.05, 0) is 25.0 Å². The molecule has 1 aliphatic heterocycles. The fourth-order valence-corrected chi connectivity index (χ4v) is 3.70. The van der Waals surface area contributed by atoms with E-state index in [4.69, 9.17) is 4.74 Å². The van der Waals surface area contributed by atoms with Gasteiger partial charge in [0.1, 0.15) is 11.6 Å². The molecule has 1 aromatic rings. The summed E-state index contributed by atoms with van der Waals surface area (Å²) in [5.41, 5.74) is 0.0489. The van der Waals surface area contributed by atoms with Gasteiger partial charge in [-0.2, -0.15) is 0 Å². The van der Waals surface area contributed by atoms with Gasteiger partial charge in [0.15, 0.2) is 0 Å². The summed E-state index contributed by atoms with van der Waals surface area (Å²) in [6.45, 7) is 1.95. The molecular formula is C19H25FN2O3. The zero-order valence-corrected chi connectivity index (χ0v) is 14.7. The van der Waals surface area contributed by atoms with E-state index in [0.717, 1.165) is 25.7 Å². The maximum absolute atomic E-state index is 14.1. The maximum atomic E-state index is 14.1. The molecular weight excluding hydrogens is 323 g/mol. The van der Waals surface area contributed by atoms with Crippen LogP contribution >= 0.6 is 0 Å². The Balaban J connectivity index is 1.58. The highest BCUT2D eigenvalue weighted by molar-refractivity contribution is 5.94. The summed E-state index contributed by atoms with van der Waals surface area (Å²) in [5.74, 6) is -0.149. The molecule has 0 bridgehead atoms. The number of amides is 2. The SMILES string of the molecule is COc1ccc(C(=O)N2CCN(C(=O)C3CCCCC3)CC2)c(F)c1. The molecule has 1 aromatic carbocycles. The van der Waals surface area contributed by atoms with Crippen LogP contribution in [0.15, 0.2) is 18.2 Å². The van der Waals surface area contributed by atoms with Gasteiger partial charge in [0.2, 0.25) is 5.91 Å². The van der Waals surface area contributed by atoms with Crippen LogP contribution in [0.2, 0.25) is 0 Å². The van der Waals surface area contributed by atoms with Crippen LogP contribution in [0.1, 0.15) is 42.5 Å². The molecule has 0 unspecified atom stereocenters. The number of piperazine rings is 1. The van der Waals surface area contributed by atoms with Gasteiger partial charge < -0.3 is 14.5 Å². The smallest absolute Gasteiger partial charge is 0.256 e. The van der Waals surface area contributed by atoms with Crippen LogP contribution in [0.25, 0.3) is 0 Å². The molecule has 0 aromatic heterocycles. The number of carbonyl (C=O) groups excluding carboxylic acids is 2. The molecule has 1 saturated carbocycles. The number of rotatable bonds is 3. The molecule has 5 nitrogen and oxygen atoms in total. The largest absolute Gasteiger partial charge is 0.497 e. The van der Waals surface area contributed by atoms with E-state index in [-0.39, 0.29) is 23.3 Å². The number of ether oxygens (including phenoxy) is 1. The Morgan fingerprint density at radius 2 is 1.68 bits per heavy atom. The average Bonchev–Trinajstić information content (AvgIpc) is 2.67. The van der Waals surface area contributed by atoms with E-state index in [1.165, 1.54) is 25.7 Å². The lowest BCUT2D eigenvalue weighted by atomic mass is 9.88. The normalized spacial score (nSPS) is 19.0. The molecule has 0 N–H and O–H groups in total. The van der Waals surface area contributed by atoms with E-state index in [9.17, 15) is 14.0 Å². The van der Waals surface area contributed by atoms with Gasteiger partial charge in [-0.1, -0.05) is 19.3 Å². The van der Waals surface area contributed by atoms with Gasteiger partial charge in [0.05, 0.1) is 12.7 Å². The second-order valence-corrected chi connectivity index (χ2v) is 6.80. The molecule has 136 valence electrons. The number of halogens is 1. The number of carbonyl (C=O) groups is 2. The van der Waals surface area contributed by atoms with E-state index in [1.807, 2.05) is 4.90 Å². The molecule has 3 rings (SSSR count). The van der Waals surface area contributed by atoms with Gasteiger partial charge >= 0.3 is 0 Å². The Morgan fingerprint density at radius 1 is 1.04 bits per heavy atom. The third-order valence-corrected chi connectivity index (χ3v) is 5.24. The molecule has 1 heterocycles. The standard InChI is InChI=1S/C19H25FN2O3/c1-25-15-7-8-16(17(20)13-15)19(24)22-11-9-21(10-12-22)18(23)14-5-3-2-4-6-14/h7-8,13-14H,2-6,9-12H2,1H3. The highest BCUT2D eigenvalue weighted by Crippen LogP contribution is 2.26. The molecule has 1 aliphatic carbocycles. The van der Waals surface area contributed by atoms with Crippen LogP contribution in [0.5, 0.6) is 5.75 Å². The molecule has 1 saturated heterocycles. The van der Waals surface area contributed by atoms with Gasteiger partial charge in [-0.3, -0.25) is 9.59 Å². The first-order valence-electron chi connectivity index (χ1n) is 9.01. The quantitative estimate of drug-likeness (QED) is 0.844. The molecule has 25 heavy (non-hydrogen) atoms. The van der Waals surface area contributed by atoms with E-state index in [0.29, 0.717) is 31.9 Å². The minimum Gasteiger partial charge on any atom is -0.497 e. The van der Waals surface area contributed by atoms with Crippen molar-refractivity contribution in [3.05, 3.63) is 29.6 Å². The lowest BCUT2D eigenvalue weighted by molar-refractivity contribution is -0.138. The predicted molar refractivity (Wildman–Crippen MR) is 92.0 cm³/mol. The average molecular weight is 348 g/mol. The van der Waals surface area contributed by atoms with E-state index >= 15 is 0 Å². The fourth-order valence-electron chi connectivity index (χ4n) is 3.70. The summed E-state index contributed by atoms with van der Waals surface area (Å²) in [7, 11) is 1.46. The topological polar surface area (TPSA) is 49.9 Å². The van der Waals surface area contributed by atoms with Crippen molar-refractivity contribution in [2.75, 3.05) is 33.3 Å². The van der Waals surface area contributed by atoms with Crippen LogP contribution in [-0.4, -0.2) is 54.9 Å². The van der Waals surface area contributed by atoms with Crippen molar-refractivity contribution in [3.8, 4) is 5.75 Å². The molecule has 2 amide bonds. The first kappa shape index (κ1) is 17.7. The van der Waals surface area contributed by atoms with Crippen LogP contribution in [-0.2, 0) is 4.79 Å². The van der Waals surface area contributed by atoms with Crippen molar-refractivity contribution in [3.63, 3.8) is 0 Å². The summed E-state index contributed by atoms with van der Waals surface area (Å²) < 4.78 is 19.1. The minimum atomic E-state index is -0.579. The van der Waals surface area contributed by atoms with Crippen molar-refractivity contribution in [2.45, 2.75) is 32.1 Å². The number of nitrogens with zero attached hydrogens (tertiary/aromatic N) is 2. The Bertz CT molecular complexity index is 636. The van der Waals surface area contributed by atoms with Crippen molar-refractivity contribution in [1.29, 1.82) is 0 Å². The minimum absolute atomic E-state index is 0.0489. The van der Waals surface area contributed by atoms with Gasteiger partial charge in [-0.15, -0.1) is 0 Å². The van der Waals surface area contributed by atoms with Crippen LogP contribution in [0.4, 0.5) is 4.39 Å². The predicted octanol–water partition coefficient (Wildman–Crippen LogP) is 2.70. The van der Waals surface area contributed by atoms with Crippen LogP contribution in [0.3, 0.4) is 0 Å². The lowest BCUT2D eigenvalue weighted by Gasteiger charge is -2.37. The Morgan fingerprint density at radius 3 is 2.28 bits per heavy atom. The first-order valence-corrected chi connectivity index (χ1v) is 9.01. The molecule has 2 fully saturated rings. The zero-order chi connectivity index (χ0) is 17.8. The number of hydrogen-bond donors (Lipinski definition) is 0. The van der Waals surface area contributed by atoms with Gasteiger partial charge in [0, 0.05) is 38.2 Å². The molecule has 0 atom stereocenters. The van der Waals surface area contributed by atoms with E-state index in [1.54, 1.807) is 11.0 Å². The van der Waals surface area contributed by atoms with Crippen LogP contribution < -0.4 is 4.74 Å². The van der Waals surface area contributed by atoms with Crippen molar-refractivity contribution < 1.29 is 18.7 Å². The number of methoxy groups -OCH3 is 1. The van der Waals surface area contributed by atoms with Crippen molar-refractivity contribution in [1.82, 2.24) is 9.80 Å². The summed E-state index contributed by atoms with van der Waals surface area (Å²) in [6.07, 6.45) is 5.45. The lowest BCUT2D eigenvalue weighted by Crippen LogP contribution is -2.52. The highest BCUT2D eigenvalue weighted by Gasteiger charge is 2.30. The second kappa shape index (κ2) is 7.85. The second-order valence-electron chi connectivity index (χ2n) is 6.80. The van der Waals surface area contributed by atoms with Crippen molar-refractivity contribution >= 4 is 11.8 Å². The molecule has 0 spiro atoms. The van der Waals surface area contributed by atoms with Crippen molar-refractivity contribution in [2.24, 2.45) is 5.92 Å². The highest BCUT2D eigenvalue weighted by atomic mass is 19.1. The Hall–Kier alpha value is -2.11. The van der Waals surface area contributed by atoms with E-state index in [2.05, 4.69) is 0 Å². The fraction of sp³-hybridized carbons (Fsp3) is 0.579. The monoisotopic (exact) mass is 348 g/mol. The van der Waals surface area contributed by atoms with Gasteiger partial charge in [-0.25, -0.2) is 4.39 Å². The number of benzene rings is 1. The first-order chi connectivity index (χ1) is 12.1. The molecule has 0 radical (unpaired) electrons. The molecule has 2 aliphatic rings. The summed E-state index contributed by atoms with van der Waals surface area (Å²) in [6, 6.07) is 4.26. The summed E-state index contributed by atoms with van der Waals surface area (Å²) >= 11 is 0. The molecule has 6 heteroatoms. The van der Waals surface area contributed by atoms with Crippen LogP contribution in [0, 0.1) is 11.7 Å². The third kappa shape index (κ3) is 3.94. The number of hydrogen-bond acceptors (Lipinski definition) is 3. The summed E-state index contributed by atoms with van der Waals surface area (Å²) in [5, 5.41) is 0. The summed E-state index contributed by atoms with van der Waals surface area (Å²) in [4.78, 5) is 28.6. The van der Waals surface area contributed by atoms with Gasteiger partial charge in [0.25, 0.3) is 5.91 Å². The third-order valence-electron chi connectivity index (χ3n) is 5.24. The maximum Gasteiger partial charge on any atom is 0.256 e. The Labute approximate surface area is 147 Å². The van der Waals surface area contributed by atoms with E-state index < -0.39 is 5.82 Å². The Kier molecular flexibility index (Phi) is 5.56. The zero-order valence-electron chi connectivity index (χ0n) is 14.7.